The van der Waals surface area contributed by atoms with Crippen LogP contribution in [0.3, 0.4) is 0 Å². The van der Waals surface area contributed by atoms with Crippen LogP contribution in [0, 0.1) is 0 Å². The zero-order chi connectivity index (χ0) is 12.8. The Morgan fingerprint density at radius 3 is 2.33 bits per heavy atom. The molecule has 2 heteroatoms. The first-order valence-corrected chi connectivity index (χ1v) is 7.22. The summed E-state index contributed by atoms with van der Waals surface area (Å²) >= 11 is 0. The van der Waals surface area contributed by atoms with E-state index in [9.17, 15) is 0 Å². The van der Waals surface area contributed by atoms with E-state index in [1.54, 1.807) is 0 Å². The molecule has 100 valence electrons. The number of nitrogens with zero attached hydrogens (tertiary/aromatic N) is 1. The highest BCUT2D eigenvalue weighted by Crippen LogP contribution is 2.36. The fourth-order valence-electron chi connectivity index (χ4n) is 2.79. The molecule has 1 saturated heterocycles. The van der Waals surface area contributed by atoms with Crippen molar-refractivity contribution in [3.8, 4) is 0 Å². The Hall–Kier alpha value is -0.860. The maximum absolute atomic E-state index is 6.27. The molecule has 18 heavy (non-hydrogen) atoms. The molecule has 0 atom stereocenters. The molecule has 0 amide bonds. The van der Waals surface area contributed by atoms with Gasteiger partial charge < -0.3 is 9.64 Å². The van der Waals surface area contributed by atoms with Gasteiger partial charge in [0.1, 0.15) is 0 Å². The smallest absolute Gasteiger partial charge is 0.0955 e. The van der Waals surface area contributed by atoms with Crippen molar-refractivity contribution in [2.75, 3.05) is 26.2 Å². The number of likely N-dealkylation sites (tertiary alicyclic amines) is 1. The van der Waals surface area contributed by atoms with Crippen molar-refractivity contribution in [1.82, 2.24) is 4.90 Å². The van der Waals surface area contributed by atoms with Gasteiger partial charge in [-0.3, -0.25) is 0 Å². The molecule has 1 aliphatic heterocycles. The molecular weight excluding hydrogens is 222 g/mol. The van der Waals surface area contributed by atoms with Crippen LogP contribution < -0.4 is 0 Å². The van der Waals surface area contributed by atoms with E-state index >= 15 is 0 Å². The number of hydrogen-bond acceptors (Lipinski definition) is 2. The molecule has 2 rings (SSSR count). The van der Waals surface area contributed by atoms with Gasteiger partial charge in [-0.05, 0) is 31.4 Å². The predicted molar refractivity (Wildman–Crippen MR) is 75.7 cm³/mol. The molecule has 0 unspecified atom stereocenters. The Morgan fingerprint density at radius 2 is 1.78 bits per heavy atom. The summed E-state index contributed by atoms with van der Waals surface area (Å²) in [7, 11) is 0. The summed E-state index contributed by atoms with van der Waals surface area (Å²) in [5.41, 5.74) is 1.32. The zero-order valence-electron chi connectivity index (χ0n) is 11.7. The van der Waals surface area contributed by atoms with Crippen LogP contribution in [0.5, 0.6) is 0 Å². The molecule has 0 N–H and O–H groups in total. The molecule has 0 saturated carbocycles. The van der Waals surface area contributed by atoms with Crippen LogP contribution >= 0.6 is 0 Å². The quantitative estimate of drug-likeness (QED) is 0.790. The lowest BCUT2D eigenvalue weighted by atomic mass is 9.84. The van der Waals surface area contributed by atoms with Gasteiger partial charge >= 0.3 is 0 Å². The summed E-state index contributed by atoms with van der Waals surface area (Å²) in [5, 5.41) is 0. The minimum atomic E-state index is -0.0387. The summed E-state index contributed by atoms with van der Waals surface area (Å²) in [6.07, 6.45) is 3.32. The molecular formula is C16H25NO. The van der Waals surface area contributed by atoms with E-state index in [1.807, 2.05) is 0 Å². The maximum atomic E-state index is 6.27. The second-order valence-electron chi connectivity index (χ2n) is 5.14. The van der Waals surface area contributed by atoms with Gasteiger partial charge in [0.05, 0.1) is 5.60 Å². The van der Waals surface area contributed by atoms with Gasteiger partial charge in [0.15, 0.2) is 0 Å². The summed E-state index contributed by atoms with van der Waals surface area (Å²) in [6, 6.07) is 10.8. The number of hydrogen-bond donors (Lipinski definition) is 0. The summed E-state index contributed by atoms with van der Waals surface area (Å²) in [5.74, 6) is 0. The monoisotopic (exact) mass is 247 g/mol. The Kier molecular flexibility index (Phi) is 4.79. The molecule has 1 heterocycles. The van der Waals surface area contributed by atoms with Crippen LogP contribution in [-0.2, 0) is 10.3 Å². The first kappa shape index (κ1) is 13.6. The first-order chi connectivity index (χ1) is 8.80. The van der Waals surface area contributed by atoms with E-state index in [2.05, 4.69) is 49.1 Å². The number of rotatable bonds is 5. The minimum Gasteiger partial charge on any atom is -0.370 e. The topological polar surface area (TPSA) is 12.5 Å². The molecule has 1 aromatic carbocycles. The fraction of sp³-hybridized carbons (Fsp3) is 0.625. The fourth-order valence-corrected chi connectivity index (χ4v) is 2.79. The standard InChI is InChI=1S/C16H25NO/c1-3-14-18-16(15-8-6-5-7-9-15)10-12-17(4-2)13-11-16/h5-9H,3-4,10-14H2,1-2H3. The van der Waals surface area contributed by atoms with E-state index in [0.717, 1.165) is 45.5 Å². The predicted octanol–water partition coefficient (Wildman–Crippen LogP) is 3.42. The molecule has 2 nitrogen and oxygen atoms in total. The highest BCUT2D eigenvalue weighted by molar-refractivity contribution is 5.23. The second-order valence-corrected chi connectivity index (χ2v) is 5.14. The van der Waals surface area contributed by atoms with E-state index in [1.165, 1.54) is 5.56 Å². The second kappa shape index (κ2) is 6.35. The number of piperidine rings is 1. The SMILES string of the molecule is CCCOC1(c2ccccc2)CCN(CC)CC1. The lowest BCUT2D eigenvalue weighted by Gasteiger charge is -2.42. The summed E-state index contributed by atoms with van der Waals surface area (Å²) < 4.78 is 6.27. The van der Waals surface area contributed by atoms with E-state index < -0.39 is 0 Å². The van der Waals surface area contributed by atoms with Gasteiger partial charge in [0, 0.05) is 19.7 Å². The molecule has 1 aromatic rings. The van der Waals surface area contributed by atoms with E-state index in [0.29, 0.717) is 0 Å². The van der Waals surface area contributed by atoms with Gasteiger partial charge in [0.25, 0.3) is 0 Å². The maximum Gasteiger partial charge on any atom is 0.0955 e. The normalized spacial score (nSPS) is 19.9. The van der Waals surface area contributed by atoms with Crippen molar-refractivity contribution < 1.29 is 4.74 Å². The molecule has 1 fully saturated rings. The van der Waals surface area contributed by atoms with Crippen LogP contribution in [0.15, 0.2) is 30.3 Å². The lowest BCUT2D eigenvalue weighted by molar-refractivity contribution is -0.0891. The molecule has 0 bridgehead atoms. The Labute approximate surface area is 111 Å². The van der Waals surface area contributed by atoms with Crippen molar-refractivity contribution in [2.24, 2.45) is 0 Å². The van der Waals surface area contributed by atoms with Gasteiger partial charge in [-0.25, -0.2) is 0 Å². The average molecular weight is 247 g/mol. The van der Waals surface area contributed by atoms with Crippen molar-refractivity contribution in [3.63, 3.8) is 0 Å². The van der Waals surface area contributed by atoms with Crippen molar-refractivity contribution in [1.29, 1.82) is 0 Å². The highest BCUT2D eigenvalue weighted by Gasteiger charge is 2.36. The lowest BCUT2D eigenvalue weighted by Crippen LogP contribution is -2.44. The summed E-state index contributed by atoms with van der Waals surface area (Å²) in [4.78, 5) is 2.51. The summed E-state index contributed by atoms with van der Waals surface area (Å²) in [6.45, 7) is 8.73. The molecule has 1 aliphatic rings. The van der Waals surface area contributed by atoms with E-state index in [-0.39, 0.29) is 5.60 Å². The largest absolute Gasteiger partial charge is 0.370 e. The van der Waals surface area contributed by atoms with Crippen molar-refractivity contribution in [2.45, 2.75) is 38.7 Å². The van der Waals surface area contributed by atoms with Crippen LogP contribution in [0.25, 0.3) is 0 Å². The molecule has 0 aliphatic carbocycles. The van der Waals surface area contributed by atoms with Gasteiger partial charge in [-0.2, -0.15) is 0 Å². The third kappa shape index (κ3) is 2.93. The van der Waals surface area contributed by atoms with Crippen LogP contribution in [0.2, 0.25) is 0 Å². The Morgan fingerprint density at radius 1 is 1.11 bits per heavy atom. The Balaban J connectivity index is 2.14. The molecule has 0 spiro atoms. The van der Waals surface area contributed by atoms with Crippen LogP contribution in [-0.4, -0.2) is 31.1 Å². The van der Waals surface area contributed by atoms with Gasteiger partial charge in [0.2, 0.25) is 0 Å². The van der Waals surface area contributed by atoms with Gasteiger partial charge in [-0.1, -0.05) is 44.2 Å². The number of benzene rings is 1. The highest BCUT2D eigenvalue weighted by atomic mass is 16.5. The third-order valence-corrected chi connectivity index (χ3v) is 3.99. The average Bonchev–Trinajstić information content (AvgIpc) is 2.46. The van der Waals surface area contributed by atoms with Crippen molar-refractivity contribution in [3.05, 3.63) is 35.9 Å². The first-order valence-electron chi connectivity index (χ1n) is 7.22. The third-order valence-electron chi connectivity index (χ3n) is 3.99. The van der Waals surface area contributed by atoms with Gasteiger partial charge in [-0.15, -0.1) is 0 Å². The van der Waals surface area contributed by atoms with Crippen molar-refractivity contribution >= 4 is 0 Å². The Bertz CT molecular complexity index is 341. The van der Waals surface area contributed by atoms with Crippen LogP contribution in [0.1, 0.15) is 38.7 Å². The van der Waals surface area contributed by atoms with E-state index in [4.69, 9.17) is 4.74 Å². The van der Waals surface area contributed by atoms with Crippen LogP contribution in [0.4, 0.5) is 0 Å². The molecule has 0 aromatic heterocycles. The molecule has 0 radical (unpaired) electrons. The number of ether oxygens (including phenoxy) is 1. The minimum absolute atomic E-state index is 0.0387. The zero-order valence-corrected chi connectivity index (χ0v) is 11.7.